The van der Waals surface area contributed by atoms with Gasteiger partial charge >= 0.3 is 0 Å². The number of ether oxygens (including phenoxy) is 1. The monoisotopic (exact) mass is 314 g/mol. The molecule has 1 saturated heterocycles. The fraction of sp³-hybridized carbons (Fsp3) is 0.538. The van der Waals surface area contributed by atoms with E-state index in [0.717, 1.165) is 12.3 Å². The van der Waals surface area contributed by atoms with Gasteiger partial charge in [-0.1, -0.05) is 0 Å². The van der Waals surface area contributed by atoms with E-state index in [1.807, 2.05) is 18.7 Å². The second-order valence-electron chi connectivity index (χ2n) is 5.34. The van der Waals surface area contributed by atoms with Crippen LogP contribution in [0.5, 0.6) is 0 Å². The van der Waals surface area contributed by atoms with Crippen molar-refractivity contribution in [3.8, 4) is 0 Å². The third kappa shape index (κ3) is 3.51. The van der Waals surface area contributed by atoms with Crippen LogP contribution in [0.4, 0.5) is 11.4 Å². The van der Waals surface area contributed by atoms with Gasteiger partial charge in [0.15, 0.2) is 9.84 Å². The van der Waals surface area contributed by atoms with Crippen molar-refractivity contribution in [3.05, 3.63) is 28.3 Å². The van der Waals surface area contributed by atoms with Gasteiger partial charge in [0.05, 0.1) is 22.0 Å². The van der Waals surface area contributed by atoms with Gasteiger partial charge in [-0.3, -0.25) is 10.1 Å². The number of nitro groups is 1. The van der Waals surface area contributed by atoms with Crippen molar-refractivity contribution in [1.29, 1.82) is 0 Å². The van der Waals surface area contributed by atoms with E-state index in [-0.39, 0.29) is 22.8 Å². The molecule has 0 N–H and O–H groups in total. The lowest BCUT2D eigenvalue weighted by Crippen LogP contribution is -2.45. The average molecular weight is 314 g/mol. The van der Waals surface area contributed by atoms with Crippen LogP contribution in [0.2, 0.25) is 0 Å². The summed E-state index contributed by atoms with van der Waals surface area (Å²) in [5, 5.41) is 11.3. The van der Waals surface area contributed by atoms with Crippen LogP contribution in [0.25, 0.3) is 0 Å². The zero-order chi connectivity index (χ0) is 15.8. The first-order valence-electron chi connectivity index (χ1n) is 6.57. The predicted molar refractivity (Wildman–Crippen MR) is 78.4 cm³/mol. The third-order valence-electron chi connectivity index (χ3n) is 3.33. The topological polar surface area (TPSA) is 89.8 Å². The number of hydrogen-bond donors (Lipinski definition) is 0. The summed E-state index contributed by atoms with van der Waals surface area (Å²) in [6, 6.07) is 4.03. The van der Waals surface area contributed by atoms with Gasteiger partial charge in [-0.25, -0.2) is 8.42 Å². The summed E-state index contributed by atoms with van der Waals surface area (Å²) in [5.74, 6) is 0. The first kappa shape index (κ1) is 15.7. The summed E-state index contributed by atoms with van der Waals surface area (Å²) >= 11 is 0. The average Bonchev–Trinajstić information content (AvgIpc) is 2.35. The largest absolute Gasteiger partial charge is 0.372 e. The second-order valence-corrected chi connectivity index (χ2v) is 7.36. The highest BCUT2D eigenvalue weighted by molar-refractivity contribution is 7.90. The Bertz CT molecular complexity index is 649. The molecule has 1 fully saturated rings. The molecule has 0 saturated carbocycles. The smallest absolute Gasteiger partial charge is 0.293 e. The van der Waals surface area contributed by atoms with Gasteiger partial charge in [0.2, 0.25) is 0 Å². The fourth-order valence-corrected chi connectivity index (χ4v) is 3.16. The minimum Gasteiger partial charge on any atom is -0.372 e. The molecule has 8 heteroatoms. The Morgan fingerprint density at radius 3 is 2.33 bits per heavy atom. The van der Waals surface area contributed by atoms with E-state index in [1.165, 1.54) is 12.1 Å². The zero-order valence-electron chi connectivity index (χ0n) is 12.1. The molecule has 1 heterocycles. The molecule has 2 rings (SSSR count). The summed E-state index contributed by atoms with van der Waals surface area (Å²) in [6.07, 6.45) is 0.954. The van der Waals surface area contributed by atoms with Crippen LogP contribution in [-0.4, -0.2) is 44.9 Å². The molecule has 0 aliphatic carbocycles. The van der Waals surface area contributed by atoms with Crippen molar-refractivity contribution in [2.45, 2.75) is 31.0 Å². The number of sulfone groups is 1. The van der Waals surface area contributed by atoms with Gasteiger partial charge in [0.25, 0.3) is 5.69 Å². The van der Waals surface area contributed by atoms with Crippen LogP contribution < -0.4 is 4.90 Å². The molecule has 0 spiro atoms. The standard InChI is InChI=1S/C13H18N2O5S/c1-9-7-14(8-10(2)20-9)12-5-4-11(21(3,18)19)6-13(12)15(16)17/h4-6,9-10H,7-8H2,1-3H3/t9-,10-/m1/s1. The molecule has 0 aromatic heterocycles. The molecule has 0 unspecified atom stereocenters. The highest BCUT2D eigenvalue weighted by Gasteiger charge is 2.28. The highest BCUT2D eigenvalue weighted by Crippen LogP contribution is 2.32. The highest BCUT2D eigenvalue weighted by atomic mass is 32.2. The molecule has 21 heavy (non-hydrogen) atoms. The summed E-state index contributed by atoms with van der Waals surface area (Å²) in [6.45, 7) is 4.87. The number of nitrogens with zero attached hydrogens (tertiary/aromatic N) is 2. The number of hydrogen-bond acceptors (Lipinski definition) is 6. The Labute approximate surface area is 123 Å². The summed E-state index contributed by atoms with van der Waals surface area (Å²) < 4.78 is 28.7. The Hall–Kier alpha value is -1.67. The maximum Gasteiger partial charge on any atom is 0.293 e. The van der Waals surface area contributed by atoms with Crippen molar-refractivity contribution in [2.24, 2.45) is 0 Å². The lowest BCUT2D eigenvalue weighted by atomic mass is 10.2. The molecular formula is C13H18N2O5S. The fourth-order valence-electron chi connectivity index (χ4n) is 2.52. The molecule has 0 bridgehead atoms. The van der Waals surface area contributed by atoms with Crippen LogP contribution in [-0.2, 0) is 14.6 Å². The minimum atomic E-state index is -3.48. The quantitative estimate of drug-likeness (QED) is 0.622. The predicted octanol–water partition coefficient (Wildman–Crippen LogP) is 1.61. The van der Waals surface area contributed by atoms with Crippen LogP contribution in [0.3, 0.4) is 0 Å². The molecule has 1 aromatic carbocycles. The molecule has 7 nitrogen and oxygen atoms in total. The molecule has 0 radical (unpaired) electrons. The molecule has 1 aliphatic heterocycles. The molecule has 116 valence electrons. The van der Waals surface area contributed by atoms with Crippen molar-refractivity contribution >= 4 is 21.2 Å². The minimum absolute atomic E-state index is 0.0389. The maximum absolute atomic E-state index is 11.5. The number of nitro benzene ring substituents is 1. The number of anilines is 1. The second kappa shape index (κ2) is 5.61. The van der Waals surface area contributed by atoms with Crippen LogP contribution in [0.1, 0.15) is 13.8 Å². The first-order chi connectivity index (χ1) is 9.68. The molecule has 0 amide bonds. The van der Waals surface area contributed by atoms with Crippen LogP contribution in [0.15, 0.2) is 23.1 Å². The first-order valence-corrected chi connectivity index (χ1v) is 8.46. The maximum atomic E-state index is 11.5. The van der Waals surface area contributed by atoms with Gasteiger partial charge in [-0.2, -0.15) is 0 Å². The van der Waals surface area contributed by atoms with Crippen LogP contribution >= 0.6 is 0 Å². The van der Waals surface area contributed by atoms with Gasteiger partial charge in [0, 0.05) is 25.4 Å². The molecule has 1 aliphatic rings. The van der Waals surface area contributed by atoms with Crippen molar-refractivity contribution < 1.29 is 18.1 Å². The van der Waals surface area contributed by atoms with E-state index in [4.69, 9.17) is 4.74 Å². The lowest BCUT2D eigenvalue weighted by molar-refractivity contribution is -0.384. The molecule has 1 aromatic rings. The van der Waals surface area contributed by atoms with E-state index in [9.17, 15) is 18.5 Å². The third-order valence-corrected chi connectivity index (χ3v) is 4.44. The Kier molecular flexibility index (Phi) is 4.20. The van der Waals surface area contributed by atoms with E-state index in [2.05, 4.69) is 0 Å². The van der Waals surface area contributed by atoms with E-state index in [0.29, 0.717) is 18.8 Å². The Morgan fingerprint density at radius 1 is 1.29 bits per heavy atom. The summed E-state index contributed by atoms with van der Waals surface area (Å²) in [7, 11) is -3.48. The van der Waals surface area contributed by atoms with E-state index < -0.39 is 14.8 Å². The number of benzene rings is 1. The summed E-state index contributed by atoms with van der Waals surface area (Å²) in [5.41, 5.74) is 0.230. The Morgan fingerprint density at radius 2 is 1.86 bits per heavy atom. The van der Waals surface area contributed by atoms with E-state index in [1.54, 1.807) is 0 Å². The normalized spacial score (nSPS) is 23.1. The molecular weight excluding hydrogens is 296 g/mol. The Balaban J connectivity index is 2.46. The zero-order valence-corrected chi connectivity index (χ0v) is 13.0. The van der Waals surface area contributed by atoms with Crippen molar-refractivity contribution in [3.63, 3.8) is 0 Å². The van der Waals surface area contributed by atoms with Gasteiger partial charge < -0.3 is 9.64 Å². The SMILES string of the molecule is C[C@@H]1CN(c2ccc(S(C)(=O)=O)cc2[N+](=O)[O-])C[C@@H](C)O1. The molecule has 2 atom stereocenters. The number of morpholine rings is 1. The lowest BCUT2D eigenvalue weighted by Gasteiger charge is -2.36. The summed E-state index contributed by atoms with van der Waals surface area (Å²) in [4.78, 5) is 12.5. The number of rotatable bonds is 3. The van der Waals surface area contributed by atoms with Gasteiger partial charge in [-0.15, -0.1) is 0 Å². The van der Waals surface area contributed by atoms with E-state index >= 15 is 0 Å². The van der Waals surface area contributed by atoms with Crippen molar-refractivity contribution in [1.82, 2.24) is 0 Å². The van der Waals surface area contributed by atoms with Crippen LogP contribution in [0, 0.1) is 10.1 Å². The van der Waals surface area contributed by atoms with Gasteiger partial charge in [-0.05, 0) is 26.0 Å². The van der Waals surface area contributed by atoms with Crippen molar-refractivity contribution in [2.75, 3.05) is 24.2 Å². The van der Waals surface area contributed by atoms with Gasteiger partial charge in [0.1, 0.15) is 5.69 Å².